The van der Waals surface area contributed by atoms with Crippen molar-refractivity contribution < 1.29 is 17.4 Å². The second kappa shape index (κ2) is 5.16. The molecule has 9 heteroatoms. The van der Waals surface area contributed by atoms with Crippen molar-refractivity contribution >= 4 is 22.0 Å². The maximum atomic E-state index is 12.5. The molecule has 0 aromatic carbocycles. The first-order valence-corrected chi connectivity index (χ1v) is 7.25. The number of pyridine rings is 2. The Kier molecular flexibility index (Phi) is 3.44. The van der Waals surface area contributed by atoms with Gasteiger partial charge < -0.3 is 4.57 Å². The lowest BCUT2D eigenvalue weighted by atomic mass is 10.3. The SMILES string of the molecule is Cn1c(-c2ccccn2)nc2cc(S(=O)C(F)(F)F)cnc21. The molecule has 5 nitrogen and oxygen atoms in total. The predicted octanol–water partition coefficient (Wildman–Crippen LogP) is 2.66. The lowest BCUT2D eigenvalue weighted by Crippen LogP contribution is -2.16. The van der Waals surface area contributed by atoms with Crippen molar-refractivity contribution in [2.45, 2.75) is 10.4 Å². The normalized spacial score (nSPS) is 13.5. The molecule has 0 saturated heterocycles. The number of imidazole rings is 1. The molecule has 3 aromatic heterocycles. The zero-order valence-corrected chi connectivity index (χ0v) is 12.0. The summed E-state index contributed by atoms with van der Waals surface area (Å²) in [4.78, 5) is 11.9. The van der Waals surface area contributed by atoms with Gasteiger partial charge in [0.15, 0.2) is 22.3 Å². The Morgan fingerprint density at radius 3 is 2.64 bits per heavy atom. The highest BCUT2D eigenvalue weighted by molar-refractivity contribution is 7.86. The van der Waals surface area contributed by atoms with E-state index in [2.05, 4.69) is 15.0 Å². The Bertz CT molecular complexity index is 861. The molecule has 1 atom stereocenters. The van der Waals surface area contributed by atoms with Crippen molar-refractivity contribution in [3.05, 3.63) is 36.7 Å². The highest BCUT2D eigenvalue weighted by atomic mass is 32.2. The van der Waals surface area contributed by atoms with Crippen LogP contribution in [-0.4, -0.2) is 29.2 Å². The fourth-order valence-electron chi connectivity index (χ4n) is 2.02. The van der Waals surface area contributed by atoms with Crippen LogP contribution in [0.3, 0.4) is 0 Å². The molecule has 0 N–H and O–H groups in total. The summed E-state index contributed by atoms with van der Waals surface area (Å²) in [5, 5.41) is 0. The fourth-order valence-corrected chi connectivity index (χ4v) is 2.65. The van der Waals surface area contributed by atoms with E-state index in [4.69, 9.17) is 0 Å². The van der Waals surface area contributed by atoms with Crippen LogP contribution in [0.1, 0.15) is 0 Å². The lowest BCUT2D eigenvalue weighted by molar-refractivity contribution is -0.0384. The summed E-state index contributed by atoms with van der Waals surface area (Å²) in [5.74, 6) is 0.470. The summed E-state index contributed by atoms with van der Waals surface area (Å²) < 4.78 is 50.6. The van der Waals surface area contributed by atoms with Crippen molar-refractivity contribution in [1.29, 1.82) is 0 Å². The highest BCUT2D eigenvalue weighted by Crippen LogP contribution is 2.28. The number of alkyl halides is 3. The Balaban J connectivity index is 2.13. The minimum absolute atomic E-state index is 0.234. The second-order valence-electron chi connectivity index (χ2n) is 4.44. The van der Waals surface area contributed by atoms with E-state index in [1.165, 1.54) is 0 Å². The van der Waals surface area contributed by atoms with Crippen LogP contribution in [0, 0.1) is 0 Å². The third kappa shape index (κ3) is 2.47. The average molecular weight is 326 g/mol. The molecule has 0 radical (unpaired) electrons. The summed E-state index contributed by atoms with van der Waals surface area (Å²) in [6.45, 7) is 0. The smallest absolute Gasteiger partial charge is 0.311 e. The van der Waals surface area contributed by atoms with Crippen LogP contribution < -0.4 is 0 Å². The molecule has 0 bridgehead atoms. The third-order valence-electron chi connectivity index (χ3n) is 3.00. The van der Waals surface area contributed by atoms with Crippen molar-refractivity contribution in [1.82, 2.24) is 19.5 Å². The van der Waals surface area contributed by atoms with E-state index in [1.54, 1.807) is 36.0 Å². The van der Waals surface area contributed by atoms with Gasteiger partial charge in [0.2, 0.25) is 0 Å². The van der Waals surface area contributed by atoms with Crippen molar-refractivity contribution in [3.8, 4) is 11.5 Å². The van der Waals surface area contributed by atoms with Crippen LogP contribution in [0.4, 0.5) is 13.2 Å². The first-order chi connectivity index (χ1) is 10.4. The molecule has 0 spiro atoms. The zero-order chi connectivity index (χ0) is 15.9. The monoisotopic (exact) mass is 326 g/mol. The van der Waals surface area contributed by atoms with E-state index < -0.39 is 21.2 Å². The average Bonchev–Trinajstić information content (AvgIpc) is 2.83. The van der Waals surface area contributed by atoms with Crippen molar-refractivity contribution in [3.63, 3.8) is 0 Å². The molecule has 0 aliphatic rings. The van der Waals surface area contributed by atoms with E-state index in [1.807, 2.05) is 0 Å². The quantitative estimate of drug-likeness (QED) is 0.726. The predicted molar refractivity (Wildman–Crippen MR) is 74.2 cm³/mol. The minimum Gasteiger partial charge on any atom is -0.311 e. The Labute approximate surface area is 125 Å². The number of halogens is 3. The Hall–Kier alpha value is -2.29. The fraction of sp³-hybridized carbons (Fsp3) is 0.154. The number of aromatic nitrogens is 4. The molecule has 22 heavy (non-hydrogen) atoms. The van der Waals surface area contributed by atoms with Crippen molar-refractivity contribution in [2.24, 2.45) is 7.05 Å². The van der Waals surface area contributed by atoms with Crippen LogP contribution in [0.25, 0.3) is 22.7 Å². The standard InChI is InChI=1S/C13H9F3N4OS/c1-20-11-10(19-12(20)9-4-2-3-5-17-9)6-8(7-18-11)22(21)13(14,15)16/h2-7H,1H3. The van der Waals surface area contributed by atoms with Crippen LogP contribution in [0.15, 0.2) is 41.6 Å². The van der Waals surface area contributed by atoms with Crippen LogP contribution in [0.5, 0.6) is 0 Å². The maximum Gasteiger partial charge on any atom is 0.475 e. The van der Waals surface area contributed by atoms with E-state index in [-0.39, 0.29) is 5.52 Å². The number of fused-ring (bicyclic) bond motifs is 1. The van der Waals surface area contributed by atoms with Gasteiger partial charge in [0.25, 0.3) is 0 Å². The molecule has 0 fully saturated rings. The molecule has 3 rings (SSSR count). The van der Waals surface area contributed by atoms with E-state index in [0.29, 0.717) is 17.2 Å². The van der Waals surface area contributed by atoms with Gasteiger partial charge in [-0.2, -0.15) is 13.2 Å². The van der Waals surface area contributed by atoms with E-state index in [0.717, 1.165) is 12.3 Å². The van der Waals surface area contributed by atoms with Gasteiger partial charge in [-0.3, -0.25) is 4.98 Å². The van der Waals surface area contributed by atoms with Gasteiger partial charge in [-0.05, 0) is 18.2 Å². The van der Waals surface area contributed by atoms with Gasteiger partial charge in [-0.25, -0.2) is 14.2 Å². The molecule has 0 aliphatic heterocycles. The Morgan fingerprint density at radius 1 is 1.23 bits per heavy atom. The summed E-state index contributed by atoms with van der Waals surface area (Å²) >= 11 is 0. The van der Waals surface area contributed by atoms with Gasteiger partial charge in [-0.15, -0.1) is 0 Å². The summed E-state index contributed by atoms with van der Waals surface area (Å²) in [5.41, 5.74) is -3.63. The number of aryl methyl sites for hydroxylation is 1. The van der Waals surface area contributed by atoms with Gasteiger partial charge >= 0.3 is 5.51 Å². The number of hydrogen-bond acceptors (Lipinski definition) is 4. The lowest BCUT2D eigenvalue weighted by Gasteiger charge is -2.05. The zero-order valence-electron chi connectivity index (χ0n) is 11.2. The first-order valence-electron chi connectivity index (χ1n) is 6.10. The molecule has 0 amide bonds. The van der Waals surface area contributed by atoms with Gasteiger partial charge in [-0.1, -0.05) is 6.07 Å². The molecule has 114 valence electrons. The van der Waals surface area contributed by atoms with Crippen LogP contribution in [-0.2, 0) is 17.8 Å². The highest BCUT2D eigenvalue weighted by Gasteiger charge is 2.38. The molecular formula is C13H9F3N4OS. The first kappa shape index (κ1) is 14.6. The Morgan fingerprint density at radius 2 is 2.00 bits per heavy atom. The largest absolute Gasteiger partial charge is 0.475 e. The summed E-state index contributed by atoms with van der Waals surface area (Å²) in [7, 11) is -1.44. The van der Waals surface area contributed by atoms with E-state index in [9.17, 15) is 17.4 Å². The minimum atomic E-state index is -4.83. The van der Waals surface area contributed by atoms with Gasteiger partial charge in [0.05, 0.1) is 4.90 Å². The molecular weight excluding hydrogens is 317 g/mol. The summed E-state index contributed by atoms with van der Waals surface area (Å²) in [6.07, 6.45) is 2.54. The second-order valence-corrected chi connectivity index (χ2v) is 5.91. The van der Waals surface area contributed by atoms with Crippen LogP contribution >= 0.6 is 0 Å². The molecule has 0 aliphatic carbocycles. The molecule has 1 unspecified atom stereocenters. The summed E-state index contributed by atoms with van der Waals surface area (Å²) in [6, 6.07) is 6.39. The molecule has 0 saturated carbocycles. The van der Waals surface area contributed by atoms with Crippen molar-refractivity contribution in [2.75, 3.05) is 0 Å². The topological polar surface area (TPSA) is 60.7 Å². The van der Waals surface area contributed by atoms with Gasteiger partial charge in [0.1, 0.15) is 11.2 Å². The molecule has 3 heterocycles. The third-order valence-corrected chi connectivity index (χ3v) is 4.07. The number of rotatable bonds is 2. The number of nitrogens with zero attached hydrogens (tertiary/aromatic N) is 4. The maximum absolute atomic E-state index is 12.5. The van der Waals surface area contributed by atoms with Gasteiger partial charge in [0, 0.05) is 19.4 Å². The molecule has 3 aromatic rings. The van der Waals surface area contributed by atoms with Crippen LogP contribution in [0.2, 0.25) is 0 Å². The number of hydrogen-bond donors (Lipinski definition) is 0. The van der Waals surface area contributed by atoms with E-state index >= 15 is 0 Å².